The number of amides is 1. The fourth-order valence-electron chi connectivity index (χ4n) is 4.53. The third-order valence-corrected chi connectivity index (χ3v) is 6.24. The number of hydrogen-bond acceptors (Lipinski definition) is 6. The zero-order valence-electron chi connectivity index (χ0n) is 19.7. The Labute approximate surface area is 204 Å². The van der Waals surface area contributed by atoms with Crippen LogP contribution in [0.2, 0.25) is 0 Å². The topological polar surface area (TPSA) is 74.0 Å². The number of carbonyl (C=O) groups excluding carboxylic acids is 1. The van der Waals surface area contributed by atoms with E-state index in [-0.39, 0.29) is 18.4 Å². The van der Waals surface area contributed by atoms with Gasteiger partial charge in [0.05, 0.1) is 37.8 Å². The van der Waals surface area contributed by atoms with Gasteiger partial charge in [0.15, 0.2) is 11.5 Å². The predicted molar refractivity (Wildman–Crippen MR) is 132 cm³/mol. The van der Waals surface area contributed by atoms with Gasteiger partial charge in [-0.05, 0) is 48.4 Å². The number of carbonyl (C=O) groups is 1. The van der Waals surface area contributed by atoms with E-state index in [1.807, 2.05) is 47.4 Å². The summed E-state index contributed by atoms with van der Waals surface area (Å²) in [5.41, 5.74) is 3.31. The summed E-state index contributed by atoms with van der Waals surface area (Å²) < 4.78 is 23.0. The summed E-state index contributed by atoms with van der Waals surface area (Å²) in [6.45, 7) is 2.43. The summed E-state index contributed by atoms with van der Waals surface area (Å²) >= 11 is 0. The van der Waals surface area contributed by atoms with Crippen molar-refractivity contribution >= 4 is 16.9 Å². The van der Waals surface area contributed by atoms with E-state index in [0.29, 0.717) is 43.4 Å². The van der Waals surface area contributed by atoms with Gasteiger partial charge in [-0.1, -0.05) is 24.3 Å². The zero-order valence-corrected chi connectivity index (χ0v) is 19.7. The Morgan fingerprint density at radius 1 is 1.11 bits per heavy atom. The molecule has 0 spiro atoms. The number of hydrogen-bond donors (Lipinski definition) is 0. The van der Waals surface area contributed by atoms with Crippen molar-refractivity contribution in [2.45, 2.75) is 13.0 Å². The molecule has 1 aliphatic rings. The fraction of sp³-hybridized carbons (Fsp3) is 0.286. The van der Waals surface area contributed by atoms with Crippen molar-refractivity contribution in [3.8, 4) is 11.5 Å². The third kappa shape index (κ3) is 5.15. The Balaban J connectivity index is 1.36. The molecule has 0 aliphatic carbocycles. The molecular formula is C28H28N2O5. The molecule has 5 rings (SSSR count). The summed E-state index contributed by atoms with van der Waals surface area (Å²) in [7, 11) is 1.57. The maximum absolute atomic E-state index is 13.7. The number of benzene rings is 2. The minimum absolute atomic E-state index is 0.100. The van der Waals surface area contributed by atoms with Crippen LogP contribution in [0.1, 0.15) is 21.6 Å². The van der Waals surface area contributed by atoms with Gasteiger partial charge in [-0.2, -0.15) is 0 Å². The summed E-state index contributed by atoms with van der Waals surface area (Å²) in [6, 6.07) is 19.1. The van der Waals surface area contributed by atoms with E-state index in [1.54, 1.807) is 31.7 Å². The molecule has 0 bridgehead atoms. The lowest BCUT2D eigenvalue weighted by atomic mass is 9.97. The van der Waals surface area contributed by atoms with Crippen LogP contribution in [0.25, 0.3) is 11.0 Å². The number of nitrogens with zero attached hydrogens (tertiary/aromatic N) is 2. The molecule has 1 fully saturated rings. The smallest absolute Gasteiger partial charge is 0.257 e. The molecule has 1 atom stereocenters. The van der Waals surface area contributed by atoms with Crippen molar-refractivity contribution in [1.29, 1.82) is 0 Å². The molecule has 3 heterocycles. The first-order valence-corrected chi connectivity index (χ1v) is 11.7. The van der Waals surface area contributed by atoms with Crippen molar-refractivity contribution < 1.29 is 23.4 Å². The molecule has 1 saturated heterocycles. The second kappa shape index (κ2) is 10.6. The molecule has 7 heteroatoms. The van der Waals surface area contributed by atoms with Crippen LogP contribution >= 0.6 is 0 Å². The molecule has 35 heavy (non-hydrogen) atoms. The lowest BCUT2D eigenvalue weighted by molar-refractivity contribution is 0.0731. The first kappa shape index (κ1) is 22.9. The lowest BCUT2D eigenvalue weighted by Crippen LogP contribution is -2.36. The Bertz CT molecular complexity index is 1290. The number of furan rings is 1. The normalized spacial score (nSPS) is 16.1. The molecule has 180 valence electrons. The van der Waals surface area contributed by atoms with Crippen molar-refractivity contribution in [3.63, 3.8) is 0 Å². The van der Waals surface area contributed by atoms with Crippen LogP contribution in [0.3, 0.4) is 0 Å². The van der Waals surface area contributed by atoms with Gasteiger partial charge >= 0.3 is 0 Å². The third-order valence-electron chi connectivity index (χ3n) is 6.24. The Kier molecular flexibility index (Phi) is 6.95. The van der Waals surface area contributed by atoms with Crippen molar-refractivity contribution in [2.75, 3.05) is 33.4 Å². The van der Waals surface area contributed by atoms with Crippen molar-refractivity contribution in [2.24, 2.45) is 5.92 Å². The highest BCUT2D eigenvalue weighted by Gasteiger charge is 2.27. The van der Waals surface area contributed by atoms with Crippen LogP contribution in [0, 0.1) is 5.92 Å². The standard InChI is InChI=1S/C28H28N2O5/c1-32-26-10-5-8-24(27(26)35-19-22-7-2-3-12-29-22)28(31)30-13-15-33-18-20(17-30)16-21-6-4-9-25-23(21)11-14-34-25/h2-12,14,20H,13,15-19H2,1H3. The predicted octanol–water partition coefficient (Wildman–Crippen LogP) is 4.75. The van der Waals surface area contributed by atoms with Gasteiger partial charge < -0.3 is 23.5 Å². The fourth-order valence-corrected chi connectivity index (χ4v) is 4.53. The van der Waals surface area contributed by atoms with Gasteiger partial charge in [0.2, 0.25) is 0 Å². The molecular weight excluding hydrogens is 444 g/mol. The van der Waals surface area contributed by atoms with Crippen LogP contribution in [0.15, 0.2) is 77.5 Å². The summed E-state index contributed by atoms with van der Waals surface area (Å²) in [4.78, 5) is 19.9. The number of fused-ring (bicyclic) bond motifs is 1. The van der Waals surface area contributed by atoms with Crippen LogP contribution < -0.4 is 9.47 Å². The van der Waals surface area contributed by atoms with Crippen molar-refractivity contribution in [1.82, 2.24) is 9.88 Å². The molecule has 1 aliphatic heterocycles. The number of pyridine rings is 1. The van der Waals surface area contributed by atoms with Gasteiger partial charge in [-0.15, -0.1) is 0 Å². The van der Waals surface area contributed by atoms with Gasteiger partial charge in [0.25, 0.3) is 5.91 Å². The summed E-state index contributed by atoms with van der Waals surface area (Å²) in [5, 5.41) is 1.10. The molecule has 0 radical (unpaired) electrons. The Morgan fingerprint density at radius 2 is 2.03 bits per heavy atom. The van der Waals surface area contributed by atoms with E-state index in [2.05, 4.69) is 11.1 Å². The van der Waals surface area contributed by atoms with Crippen LogP contribution in [0.4, 0.5) is 0 Å². The molecule has 0 saturated carbocycles. The second-order valence-corrected chi connectivity index (χ2v) is 8.59. The summed E-state index contributed by atoms with van der Waals surface area (Å²) in [5.74, 6) is 0.999. The number of rotatable bonds is 7. The highest BCUT2D eigenvalue weighted by Crippen LogP contribution is 2.33. The Hall–Kier alpha value is -3.84. The number of aromatic nitrogens is 1. The van der Waals surface area contributed by atoms with Gasteiger partial charge in [0, 0.05) is 30.6 Å². The van der Waals surface area contributed by atoms with E-state index in [9.17, 15) is 4.79 Å². The van der Waals surface area contributed by atoms with Crippen LogP contribution in [0.5, 0.6) is 11.5 Å². The average molecular weight is 473 g/mol. The molecule has 4 aromatic rings. The molecule has 7 nitrogen and oxygen atoms in total. The van der Waals surface area contributed by atoms with E-state index in [4.69, 9.17) is 18.6 Å². The maximum Gasteiger partial charge on any atom is 0.257 e. The minimum atomic E-state index is -0.100. The van der Waals surface area contributed by atoms with E-state index in [1.165, 1.54) is 5.56 Å². The van der Waals surface area contributed by atoms with Gasteiger partial charge in [0.1, 0.15) is 12.2 Å². The number of ether oxygens (including phenoxy) is 3. The monoisotopic (exact) mass is 472 g/mol. The maximum atomic E-state index is 13.7. The highest BCUT2D eigenvalue weighted by atomic mass is 16.5. The van der Waals surface area contributed by atoms with E-state index >= 15 is 0 Å². The largest absolute Gasteiger partial charge is 0.493 e. The number of para-hydroxylation sites is 1. The highest BCUT2D eigenvalue weighted by molar-refractivity contribution is 5.98. The Morgan fingerprint density at radius 3 is 2.89 bits per heavy atom. The second-order valence-electron chi connectivity index (χ2n) is 8.59. The molecule has 2 aromatic heterocycles. The molecule has 1 unspecified atom stereocenters. The average Bonchev–Trinajstić information content (AvgIpc) is 3.27. The SMILES string of the molecule is COc1cccc(C(=O)N2CCOCC(Cc3cccc4occc34)C2)c1OCc1ccccn1. The summed E-state index contributed by atoms with van der Waals surface area (Å²) in [6.07, 6.45) is 4.22. The van der Waals surface area contributed by atoms with Gasteiger partial charge in [-0.3, -0.25) is 9.78 Å². The quantitative estimate of drug-likeness (QED) is 0.387. The van der Waals surface area contributed by atoms with E-state index < -0.39 is 0 Å². The van der Waals surface area contributed by atoms with Gasteiger partial charge in [-0.25, -0.2) is 0 Å². The molecule has 2 aromatic carbocycles. The van der Waals surface area contributed by atoms with E-state index in [0.717, 1.165) is 23.1 Å². The first-order chi connectivity index (χ1) is 17.2. The van der Waals surface area contributed by atoms with Crippen molar-refractivity contribution in [3.05, 3.63) is 89.9 Å². The van der Waals surface area contributed by atoms with Crippen LogP contribution in [-0.4, -0.2) is 49.2 Å². The molecule has 1 amide bonds. The molecule has 0 N–H and O–H groups in total. The lowest BCUT2D eigenvalue weighted by Gasteiger charge is -2.25. The minimum Gasteiger partial charge on any atom is -0.493 e. The van der Waals surface area contributed by atoms with Crippen LogP contribution in [-0.2, 0) is 17.8 Å². The first-order valence-electron chi connectivity index (χ1n) is 11.7. The zero-order chi connectivity index (χ0) is 24.0. The number of methoxy groups -OCH3 is 1.